The molecule has 2 aliphatic rings. The number of piperidine rings is 2. The van der Waals surface area contributed by atoms with Crippen molar-refractivity contribution in [1.82, 2.24) is 19.2 Å². The number of hydrogen-bond donors (Lipinski definition) is 2. The first kappa shape index (κ1) is 30.7. The summed E-state index contributed by atoms with van der Waals surface area (Å²) in [7, 11) is -3.69. The molecule has 0 unspecified atom stereocenters. The average molecular weight is 551 g/mol. The number of amides is 2. The van der Waals surface area contributed by atoms with Gasteiger partial charge in [0.1, 0.15) is 0 Å². The van der Waals surface area contributed by atoms with Gasteiger partial charge in [-0.25, -0.2) is 0 Å². The lowest BCUT2D eigenvalue weighted by atomic mass is 9.99. The van der Waals surface area contributed by atoms with E-state index in [1.54, 1.807) is 0 Å². The molecule has 2 heterocycles. The molecular weight excluding hydrogens is 504 g/mol. The molecule has 2 amide bonds. The molecule has 2 saturated heterocycles. The topological polar surface area (TPSA) is 98.8 Å². The SMILES string of the molecule is CCCSCCCNC(=O)[C@@H]1CCCN(S(=O)(=O)N2CCC[C@@H](C(=O)NCCCSCCC)C2)C1. The normalized spacial score (nSPS) is 22.1. The Morgan fingerprint density at radius 3 is 1.60 bits per heavy atom. The molecule has 2 aliphatic heterocycles. The molecule has 0 aliphatic carbocycles. The highest BCUT2D eigenvalue weighted by Gasteiger charge is 2.39. The van der Waals surface area contributed by atoms with Crippen molar-refractivity contribution in [2.24, 2.45) is 11.8 Å². The molecule has 2 N–H and O–H groups in total. The Morgan fingerprint density at radius 1 is 0.771 bits per heavy atom. The molecule has 2 fully saturated rings. The first-order chi connectivity index (χ1) is 16.9. The van der Waals surface area contributed by atoms with Crippen LogP contribution in [0.1, 0.15) is 65.2 Å². The van der Waals surface area contributed by atoms with Gasteiger partial charge >= 0.3 is 0 Å². The smallest absolute Gasteiger partial charge is 0.282 e. The van der Waals surface area contributed by atoms with Crippen LogP contribution in [0.2, 0.25) is 0 Å². The van der Waals surface area contributed by atoms with Crippen LogP contribution >= 0.6 is 23.5 Å². The van der Waals surface area contributed by atoms with Crippen LogP contribution in [-0.2, 0) is 19.8 Å². The Hall–Kier alpha value is -0.490. The molecule has 0 radical (unpaired) electrons. The van der Waals surface area contributed by atoms with Crippen LogP contribution in [-0.4, -0.2) is 91.1 Å². The molecular formula is C24H46N4O4S3. The largest absolute Gasteiger partial charge is 0.356 e. The average Bonchev–Trinajstić information content (AvgIpc) is 2.88. The van der Waals surface area contributed by atoms with Crippen molar-refractivity contribution >= 4 is 45.5 Å². The molecule has 2 rings (SSSR count). The van der Waals surface area contributed by atoms with E-state index in [4.69, 9.17) is 0 Å². The third-order valence-electron chi connectivity index (χ3n) is 6.39. The van der Waals surface area contributed by atoms with Gasteiger partial charge in [-0.05, 0) is 74.4 Å². The third-order valence-corrected chi connectivity index (χ3v) is 10.9. The van der Waals surface area contributed by atoms with Gasteiger partial charge in [0.25, 0.3) is 10.2 Å². The van der Waals surface area contributed by atoms with Crippen LogP contribution in [0.4, 0.5) is 0 Å². The fourth-order valence-electron chi connectivity index (χ4n) is 4.45. The Bertz CT molecular complexity index is 684. The second-order valence-electron chi connectivity index (χ2n) is 9.42. The summed E-state index contributed by atoms with van der Waals surface area (Å²) in [5, 5.41) is 5.99. The van der Waals surface area contributed by atoms with Crippen LogP contribution in [0.3, 0.4) is 0 Å². The molecule has 0 bridgehead atoms. The van der Waals surface area contributed by atoms with Gasteiger partial charge in [0.05, 0.1) is 11.8 Å². The number of carbonyl (C=O) groups excluding carboxylic acids is 2. The van der Waals surface area contributed by atoms with Gasteiger partial charge in [-0.15, -0.1) is 0 Å². The van der Waals surface area contributed by atoms with Gasteiger partial charge in [0.2, 0.25) is 11.8 Å². The summed E-state index contributed by atoms with van der Waals surface area (Å²) in [6.07, 6.45) is 6.96. The fourth-order valence-corrected chi connectivity index (χ4v) is 7.91. The number of rotatable bonds is 16. The zero-order valence-corrected chi connectivity index (χ0v) is 24.1. The van der Waals surface area contributed by atoms with Crippen LogP contribution in [0, 0.1) is 11.8 Å². The monoisotopic (exact) mass is 550 g/mol. The summed E-state index contributed by atoms with van der Waals surface area (Å²) in [6, 6.07) is 0. The number of thioether (sulfide) groups is 2. The number of hydrogen-bond acceptors (Lipinski definition) is 6. The molecule has 2 atom stereocenters. The van der Waals surface area contributed by atoms with E-state index in [9.17, 15) is 18.0 Å². The maximum atomic E-state index is 13.4. The molecule has 11 heteroatoms. The van der Waals surface area contributed by atoms with E-state index >= 15 is 0 Å². The quantitative estimate of drug-likeness (QED) is 0.287. The van der Waals surface area contributed by atoms with E-state index < -0.39 is 10.2 Å². The van der Waals surface area contributed by atoms with Gasteiger partial charge < -0.3 is 10.6 Å². The number of carbonyl (C=O) groups is 2. The maximum absolute atomic E-state index is 13.4. The Kier molecular flexibility index (Phi) is 15.0. The second-order valence-corrected chi connectivity index (χ2v) is 13.8. The summed E-state index contributed by atoms with van der Waals surface area (Å²) >= 11 is 3.79. The van der Waals surface area contributed by atoms with Crippen LogP contribution in [0.25, 0.3) is 0 Å². The van der Waals surface area contributed by atoms with Crippen molar-refractivity contribution in [3.05, 3.63) is 0 Å². The number of nitrogens with zero attached hydrogens (tertiary/aromatic N) is 2. The lowest BCUT2D eigenvalue weighted by Crippen LogP contribution is -2.54. The molecule has 204 valence electrons. The first-order valence-electron chi connectivity index (χ1n) is 13.4. The summed E-state index contributed by atoms with van der Waals surface area (Å²) in [5.74, 6) is 3.63. The molecule has 0 aromatic rings. The van der Waals surface area contributed by atoms with E-state index in [0.29, 0.717) is 51.9 Å². The van der Waals surface area contributed by atoms with Crippen molar-refractivity contribution in [2.45, 2.75) is 65.2 Å². The minimum atomic E-state index is -3.69. The Balaban J connectivity index is 1.80. The zero-order chi connectivity index (χ0) is 25.5. The van der Waals surface area contributed by atoms with Gasteiger partial charge in [0.15, 0.2) is 0 Å². The predicted molar refractivity (Wildman–Crippen MR) is 148 cm³/mol. The van der Waals surface area contributed by atoms with Gasteiger partial charge in [-0.1, -0.05) is 13.8 Å². The molecule has 0 aromatic carbocycles. The first-order valence-corrected chi connectivity index (χ1v) is 17.1. The van der Waals surface area contributed by atoms with Gasteiger partial charge in [-0.3, -0.25) is 9.59 Å². The van der Waals surface area contributed by atoms with Crippen molar-refractivity contribution in [2.75, 3.05) is 62.3 Å². The van der Waals surface area contributed by atoms with Crippen molar-refractivity contribution in [1.29, 1.82) is 0 Å². The minimum Gasteiger partial charge on any atom is -0.356 e. The number of nitrogens with one attached hydrogen (secondary N) is 2. The highest BCUT2D eigenvalue weighted by atomic mass is 32.2. The third kappa shape index (κ3) is 10.8. The lowest BCUT2D eigenvalue weighted by Gasteiger charge is -2.38. The standard InChI is InChI=1S/C24H46N4O4S3/c1-3-15-33-17-7-11-25-23(29)21-9-5-13-27(19-21)35(31,32)28-14-6-10-22(20-28)24(30)26-12-8-18-34-16-4-2/h21-22H,3-20H2,1-2H3,(H,25,29)(H,26,30)/t21-,22-/m1/s1. The fraction of sp³-hybridized carbons (Fsp3) is 0.917. The van der Waals surface area contributed by atoms with Crippen LogP contribution in [0.5, 0.6) is 0 Å². The second kappa shape index (κ2) is 17.1. The van der Waals surface area contributed by atoms with Gasteiger partial charge in [-0.2, -0.15) is 40.6 Å². The van der Waals surface area contributed by atoms with Crippen LogP contribution in [0.15, 0.2) is 0 Å². The highest BCUT2D eigenvalue weighted by molar-refractivity contribution is 7.99. The Labute approximate surface area is 221 Å². The van der Waals surface area contributed by atoms with Crippen molar-refractivity contribution in [3.63, 3.8) is 0 Å². The lowest BCUT2D eigenvalue weighted by molar-refractivity contribution is -0.126. The summed E-state index contributed by atoms with van der Waals surface area (Å²) in [4.78, 5) is 25.3. The molecule has 0 spiro atoms. The molecule has 8 nitrogen and oxygen atoms in total. The van der Waals surface area contributed by atoms with Gasteiger partial charge in [0, 0.05) is 39.3 Å². The maximum Gasteiger partial charge on any atom is 0.282 e. The highest BCUT2D eigenvalue weighted by Crippen LogP contribution is 2.25. The molecule has 0 aromatic heterocycles. The van der Waals surface area contributed by atoms with E-state index in [1.807, 2.05) is 23.5 Å². The Morgan fingerprint density at radius 2 is 1.20 bits per heavy atom. The molecule has 0 saturated carbocycles. The van der Waals surface area contributed by atoms with E-state index in [2.05, 4.69) is 24.5 Å². The van der Waals surface area contributed by atoms with E-state index in [0.717, 1.165) is 48.7 Å². The van der Waals surface area contributed by atoms with Crippen molar-refractivity contribution in [3.8, 4) is 0 Å². The summed E-state index contributed by atoms with van der Waals surface area (Å²) in [6.45, 7) is 6.91. The van der Waals surface area contributed by atoms with E-state index in [-0.39, 0.29) is 36.7 Å². The molecule has 35 heavy (non-hydrogen) atoms. The van der Waals surface area contributed by atoms with Crippen molar-refractivity contribution < 1.29 is 18.0 Å². The summed E-state index contributed by atoms with van der Waals surface area (Å²) < 4.78 is 29.7. The summed E-state index contributed by atoms with van der Waals surface area (Å²) in [5.41, 5.74) is 0. The van der Waals surface area contributed by atoms with Crippen LogP contribution < -0.4 is 10.6 Å². The minimum absolute atomic E-state index is 0.0432. The predicted octanol–water partition coefficient (Wildman–Crippen LogP) is 2.95. The van der Waals surface area contributed by atoms with E-state index in [1.165, 1.54) is 8.61 Å². The zero-order valence-electron chi connectivity index (χ0n) is 21.6.